The Hall–Kier alpha value is -4.75. The van der Waals surface area contributed by atoms with Gasteiger partial charge in [-0.1, -0.05) is 65.7 Å². The standard InChI is InChI=1S/C33H28N2O4S/c1-22-16-23(2)18-24(17-22)21-39-30-20-28(38-3)15-14-25(30)19-29-31(36)34(26-10-6-4-7-11-26)33(40)35(32(29)37)27-12-8-5-9-13-27/h4-20H,21H2,1-3H3. The van der Waals surface area contributed by atoms with Crippen molar-refractivity contribution >= 4 is 46.6 Å². The summed E-state index contributed by atoms with van der Waals surface area (Å²) in [6.45, 7) is 4.39. The Morgan fingerprint density at radius 1 is 0.750 bits per heavy atom. The molecule has 1 aliphatic heterocycles. The van der Waals surface area contributed by atoms with Crippen molar-refractivity contribution in [2.24, 2.45) is 0 Å². The van der Waals surface area contributed by atoms with Crippen molar-refractivity contribution in [3.63, 3.8) is 0 Å². The van der Waals surface area contributed by atoms with Crippen molar-refractivity contribution < 1.29 is 19.1 Å². The van der Waals surface area contributed by atoms with Crippen LogP contribution in [-0.4, -0.2) is 24.0 Å². The van der Waals surface area contributed by atoms with Gasteiger partial charge in [0.25, 0.3) is 11.8 Å². The van der Waals surface area contributed by atoms with Crippen LogP contribution in [0.15, 0.2) is 103 Å². The Kier molecular flexibility index (Phi) is 7.75. The number of aryl methyl sites for hydroxylation is 2. The summed E-state index contributed by atoms with van der Waals surface area (Å²) >= 11 is 5.70. The number of ether oxygens (including phenoxy) is 2. The van der Waals surface area contributed by atoms with Crippen molar-refractivity contribution in [3.05, 3.63) is 125 Å². The zero-order valence-electron chi connectivity index (χ0n) is 22.5. The van der Waals surface area contributed by atoms with Gasteiger partial charge < -0.3 is 9.47 Å². The molecule has 0 spiro atoms. The maximum atomic E-state index is 13.9. The summed E-state index contributed by atoms with van der Waals surface area (Å²) in [6, 6.07) is 29.7. The molecule has 0 bridgehead atoms. The van der Waals surface area contributed by atoms with E-state index in [4.69, 9.17) is 21.7 Å². The van der Waals surface area contributed by atoms with Crippen molar-refractivity contribution in [3.8, 4) is 11.5 Å². The number of carbonyl (C=O) groups excluding carboxylic acids is 2. The molecule has 1 heterocycles. The molecule has 0 unspecified atom stereocenters. The summed E-state index contributed by atoms with van der Waals surface area (Å²) in [5.41, 5.74) is 4.96. The summed E-state index contributed by atoms with van der Waals surface area (Å²) < 4.78 is 11.7. The van der Waals surface area contributed by atoms with Gasteiger partial charge in [0, 0.05) is 11.6 Å². The van der Waals surface area contributed by atoms with Crippen LogP contribution in [0, 0.1) is 13.8 Å². The predicted octanol–water partition coefficient (Wildman–Crippen LogP) is 6.64. The Labute approximate surface area is 239 Å². The second kappa shape index (κ2) is 11.6. The Balaban J connectivity index is 1.58. The molecule has 40 heavy (non-hydrogen) atoms. The number of thiocarbonyl (C=S) groups is 1. The molecule has 6 nitrogen and oxygen atoms in total. The number of carbonyl (C=O) groups is 2. The number of hydrogen-bond donors (Lipinski definition) is 0. The highest BCUT2D eigenvalue weighted by Crippen LogP contribution is 2.33. The first kappa shape index (κ1) is 26.8. The molecule has 7 heteroatoms. The van der Waals surface area contributed by atoms with Crippen LogP contribution in [0.3, 0.4) is 0 Å². The average molecular weight is 549 g/mol. The molecule has 200 valence electrons. The number of anilines is 2. The number of rotatable bonds is 7. The summed E-state index contributed by atoms with van der Waals surface area (Å²) in [5, 5.41) is 0.0885. The van der Waals surface area contributed by atoms with E-state index in [1.54, 1.807) is 55.7 Å². The van der Waals surface area contributed by atoms with E-state index in [-0.39, 0.29) is 10.7 Å². The number of nitrogens with zero attached hydrogens (tertiary/aromatic N) is 2. The van der Waals surface area contributed by atoms with E-state index in [0.717, 1.165) is 16.7 Å². The SMILES string of the molecule is COc1ccc(C=C2C(=O)N(c3ccccc3)C(=S)N(c3ccccc3)C2=O)c(OCc2cc(C)cc(C)c2)c1. The molecule has 1 aliphatic rings. The second-order valence-corrected chi connectivity index (χ2v) is 9.85. The number of benzene rings is 4. The number of amides is 2. The second-order valence-electron chi connectivity index (χ2n) is 9.48. The minimum Gasteiger partial charge on any atom is -0.497 e. The lowest BCUT2D eigenvalue weighted by molar-refractivity contribution is -0.120. The third-order valence-corrected chi connectivity index (χ3v) is 6.84. The molecule has 2 amide bonds. The van der Waals surface area contributed by atoms with Gasteiger partial charge in [0.2, 0.25) is 0 Å². The molecule has 0 aromatic heterocycles. The van der Waals surface area contributed by atoms with Crippen LogP contribution >= 0.6 is 12.2 Å². The van der Waals surface area contributed by atoms with E-state index in [1.165, 1.54) is 9.80 Å². The van der Waals surface area contributed by atoms with Crippen molar-refractivity contribution in [1.29, 1.82) is 0 Å². The number of para-hydroxylation sites is 2. The highest BCUT2D eigenvalue weighted by atomic mass is 32.1. The molecule has 0 atom stereocenters. The summed E-state index contributed by atoms with van der Waals surface area (Å²) in [4.78, 5) is 30.5. The van der Waals surface area contributed by atoms with Gasteiger partial charge >= 0.3 is 0 Å². The van der Waals surface area contributed by atoms with Gasteiger partial charge in [-0.25, -0.2) is 0 Å². The summed E-state index contributed by atoms with van der Waals surface area (Å²) in [6.07, 6.45) is 1.56. The average Bonchev–Trinajstić information content (AvgIpc) is 2.95. The molecular formula is C33H28N2O4S. The molecule has 1 saturated heterocycles. The largest absolute Gasteiger partial charge is 0.497 e. The zero-order valence-corrected chi connectivity index (χ0v) is 23.3. The lowest BCUT2D eigenvalue weighted by atomic mass is 10.0. The van der Waals surface area contributed by atoms with E-state index < -0.39 is 11.8 Å². The lowest BCUT2D eigenvalue weighted by Gasteiger charge is -2.36. The van der Waals surface area contributed by atoms with E-state index in [2.05, 4.69) is 18.2 Å². The fraction of sp³-hybridized carbons (Fsp3) is 0.121. The smallest absolute Gasteiger partial charge is 0.270 e. The van der Waals surface area contributed by atoms with Gasteiger partial charge in [-0.05, 0) is 74.1 Å². The molecule has 4 aromatic carbocycles. The van der Waals surface area contributed by atoms with E-state index in [9.17, 15) is 9.59 Å². The predicted molar refractivity (Wildman–Crippen MR) is 162 cm³/mol. The van der Waals surface area contributed by atoms with E-state index in [0.29, 0.717) is 35.0 Å². The molecule has 0 N–H and O–H groups in total. The van der Waals surface area contributed by atoms with Gasteiger partial charge in [-0.3, -0.25) is 19.4 Å². The molecule has 0 radical (unpaired) electrons. The third kappa shape index (κ3) is 5.51. The van der Waals surface area contributed by atoms with Crippen LogP contribution in [0.5, 0.6) is 11.5 Å². The van der Waals surface area contributed by atoms with Crippen LogP contribution < -0.4 is 19.3 Å². The molecular weight excluding hydrogens is 520 g/mol. The van der Waals surface area contributed by atoms with Crippen molar-refractivity contribution in [1.82, 2.24) is 0 Å². The van der Waals surface area contributed by atoms with Gasteiger partial charge in [0.15, 0.2) is 5.11 Å². The Bertz CT molecular complexity index is 1530. The molecule has 0 aliphatic carbocycles. The molecule has 5 rings (SSSR count). The van der Waals surface area contributed by atoms with Gasteiger partial charge in [-0.2, -0.15) is 0 Å². The Morgan fingerprint density at radius 3 is 1.82 bits per heavy atom. The maximum absolute atomic E-state index is 13.9. The number of methoxy groups -OCH3 is 1. The molecule has 0 saturated carbocycles. The first-order valence-electron chi connectivity index (χ1n) is 12.8. The highest BCUT2D eigenvalue weighted by Gasteiger charge is 2.41. The summed E-state index contributed by atoms with van der Waals surface area (Å²) in [5.74, 6) is 0.0584. The van der Waals surface area contributed by atoms with Crippen molar-refractivity contribution in [2.45, 2.75) is 20.5 Å². The fourth-order valence-corrected chi connectivity index (χ4v) is 5.07. The monoisotopic (exact) mass is 548 g/mol. The minimum absolute atomic E-state index is 0.0391. The molecule has 4 aromatic rings. The summed E-state index contributed by atoms with van der Waals surface area (Å²) in [7, 11) is 1.58. The van der Waals surface area contributed by atoms with Crippen LogP contribution in [0.2, 0.25) is 0 Å². The van der Waals surface area contributed by atoms with Crippen LogP contribution in [0.1, 0.15) is 22.3 Å². The lowest BCUT2D eigenvalue weighted by Crippen LogP contribution is -2.56. The van der Waals surface area contributed by atoms with Crippen LogP contribution in [-0.2, 0) is 16.2 Å². The quantitative estimate of drug-likeness (QED) is 0.147. The number of hydrogen-bond acceptors (Lipinski definition) is 5. The van der Waals surface area contributed by atoms with Crippen LogP contribution in [0.4, 0.5) is 11.4 Å². The zero-order chi connectivity index (χ0) is 28.2. The fourth-order valence-electron chi connectivity index (χ4n) is 4.69. The van der Waals surface area contributed by atoms with Crippen LogP contribution in [0.25, 0.3) is 6.08 Å². The first-order chi connectivity index (χ1) is 19.4. The maximum Gasteiger partial charge on any atom is 0.270 e. The van der Waals surface area contributed by atoms with Gasteiger partial charge in [0.1, 0.15) is 23.7 Å². The minimum atomic E-state index is -0.510. The molecule has 1 fully saturated rings. The van der Waals surface area contributed by atoms with Crippen molar-refractivity contribution in [2.75, 3.05) is 16.9 Å². The van der Waals surface area contributed by atoms with Gasteiger partial charge in [0.05, 0.1) is 18.5 Å². The Morgan fingerprint density at radius 2 is 1.30 bits per heavy atom. The van der Waals surface area contributed by atoms with Gasteiger partial charge in [-0.15, -0.1) is 0 Å². The van der Waals surface area contributed by atoms with E-state index in [1.807, 2.05) is 50.2 Å². The topological polar surface area (TPSA) is 59.1 Å². The highest BCUT2D eigenvalue weighted by molar-refractivity contribution is 7.81. The first-order valence-corrected chi connectivity index (χ1v) is 13.2. The van der Waals surface area contributed by atoms with E-state index >= 15 is 0 Å². The third-order valence-electron chi connectivity index (χ3n) is 6.47. The normalized spacial score (nSPS) is 13.5.